The minimum absolute atomic E-state index is 0.198. The lowest BCUT2D eigenvalue weighted by Crippen LogP contribution is -2.07. The van der Waals surface area contributed by atoms with E-state index in [9.17, 15) is 4.79 Å². The molecule has 0 bridgehead atoms. The second kappa shape index (κ2) is 8.71. The highest BCUT2D eigenvalue weighted by Crippen LogP contribution is 2.40. The van der Waals surface area contributed by atoms with Gasteiger partial charge in [-0.15, -0.1) is 11.3 Å². The molecule has 0 N–H and O–H groups in total. The largest absolute Gasteiger partial charge is 0.496 e. The fourth-order valence-corrected chi connectivity index (χ4v) is 4.06. The topological polar surface area (TPSA) is 48.4 Å². The third-order valence-corrected chi connectivity index (χ3v) is 5.54. The summed E-state index contributed by atoms with van der Waals surface area (Å²) in [5.74, 6) is 0.237. The fourth-order valence-electron chi connectivity index (χ4n) is 2.97. The van der Waals surface area contributed by atoms with E-state index >= 15 is 0 Å². The van der Waals surface area contributed by atoms with Gasteiger partial charge >= 0.3 is 5.97 Å². The number of carbonyl (C=O) groups excluding carboxylic acids is 1. The number of esters is 1. The van der Waals surface area contributed by atoms with Gasteiger partial charge in [-0.2, -0.15) is 0 Å². The van der Waals surface area contributed by atoms with Crippen molar-refractivity contribution in [2.75, 3.05) is 7.11 Å². The summed E-state index contributed by atoms with van der Waals surface area (Å²) >= 11 is 1.45. The number of hydrogen-bond donors (Lipinski definition) is 0. The van der Waals surface area contributed by atoms with E-state index in [1.807, 2.05) is 84.9 Å². The minimum atomic E-state index is -0.451. The third kappa shape index (κ3) is 4.20. The monoisotopic (exact) mass is 401 g/mol. The molecule has 0 unspecified atom stereocenters. The molecule has 1 heterocycles. The van der Waals surface area contributed by atoms with Crippen LogP contribution in [0.15, 0.2) is 84.9 Å². The minimum Gasteiger partial charge on any atom is -0.496 e. The van der Waals surface area contributed by atoms with E-state index in [0.717, 1.165) is 26.6 Å². The number of para-hydroxylation sites is 1. The number of nitrogens with zero attached hydrogens (tertiary/aromatic N) is 1. The lowest BCUT2D eigenvalue weighted by atomic mass is 10.1. The Labute approximate surface area is 173 Å². The maximum absolute atomic E-state index is 12.9. The van der Waals surface area contributed by atoms with Crippen molar-refractivity contribution in [1.29, 1.82) is 0 Å². The van der Waals surface area contributed by atoms with E-state index in [-0.39, 0.29) is 6.61 Å². The number of aromatic nitrogens is 1. The van der Waals surface area contributed by atoms with Gasteiger partial charge in [-0.05, 0) is 17.7 Å². The first-order chi connectivity index (χ1) is 14.3. The van der Waals surface area contributed by atoms with Gasteiger partial charge in [-0.1, -0.05) is 72.8 Å². The number of methoxy groups -OCH3 is 1. The van der Waals surface area contributed by atoms with Crippen molar-refractivity contribution >= 4 is 17.3 Å². The second-order valence-electron chi connectivity index (χ2n) is 6.32. The highest BCUT2D eigenvalue weighted by atomic mass is 32.1. The van der Waals surface area contributed by atoms with Gasteiger partial charge in [0, 0.05) is 11.1 Å². The number of thiazole rings is 1. The van der Waals surface area contributed by atoms with E-state index in [4.69, 9.17) is 9.47 Å². The lowest BCUT2D eigenvalue weighted by molar-refractivity contribution is 0.0467. The summed E-state index contributed by atoms with van der Waals surface area (Å²) in [5.41, 5.74) is 3.00. The molecular formula is C24H19NO3S. The first-order valence-corrected chi connectivity index (χ1v) is 9.98. The first-order valence-electron chi connectivity index (χ1n) is 9.17. The predicted octanol–water partition coefficient (Wildman–Crippen LogP) is 5.84. The average molecular weight is 401 g/mol. The Balaban J connectivity index is 1.73. The normalized spacial score (nSPS) is 10.5. The quantitative estimate of drug-likeness (QED) is 0.381. The molecule has 4 nitrogen and oxygen atoms in total. The highest BCUT2D eigenvalue weighted by molar-refractivity contribution is 7.18. The van der Waals surface area contributed by atoms with Gasteiger partial charge in [0.25, 0.3) is 0 Å². The van der Waals surface area contributed by atoms with Gasteiger partial charge in [0.05, 0.1) is 12.0 Å². The van der Waals surface area contributed by atoms with Crippen molar-refractivity contribution in [3.8, 4) is 26.8 Å². The number of carbonyl (C=O) groups is 1. The van der Waals surface area contributed by atoms with Gasteiger partial charge in [-0.25, -0.2) is 9.78 Å². The summed E-state index contributed by atoms with van der Waals surface area (Å²) in [6, 6.07) is 27.0. The van der Waals surface area contributed by atoms with Gasteiger partial charge in [0.2, 0.25) is 0 Å². The Bertz CT molecular complexity index is 1110. The molecule has 4 aromatic rings. The van der Waals surface area contributed by atoms with E-state index in [1.54, 1.807) is 7.11 Å². The number of benzene rings is 3. The van der Waals surface area contributed by atoms with Crippen LogP contribution < -0.4 is 4.74 Å². The van der Waals surface area contributed by atoms with Crippen LogP contribution in [0.2, 0.25) is 0 Å². The molecule has 0 aliphatic heterocycles. The molecule has 0 amide bonds. The van der Waals surface area contributed by atoms with Crippen molar-refractivity contribution < 1.29 is 14.3 Å². The van der Waals surface area contributed by atoms with E-state index in [1.165, 1.54) is 11.3 Å². The summed E-state index contributed by atoms with van der Waals surface area (Å²) in [6.07, 6.45) is 0. The van der Waals surface area contributed by atoms with Crippen molar-refractivity contribution in [1.82, 2.24) is 4.98 Å². The molecule has 4 rings (SSSR count). The zero-order valence-electron chi connectivity index (χ0n) is 15.9. The standard InChI is InChI=1S/C24H19NO3S/c1-27-20-15-9-8-14-19(20)22-21(24(26)28-16-17-10-4-2-5-11-17)25-23(29-22)18-12-6-3-7-13-18/h2-15H,16H2,1H3. The Morgan fingerprint density at radius 1 is 0.897 bits per heavy atom. The zero-order valence-corrected chi connectivity index (χ0v) is 16.7. The Morgan fingerprint density at radius 3 is 2.28 bits per heavy atom. The molecule has 0 saturated carbocycles. The number of ether oxygens (including phenoxy) is 2. The summed E-state index contributed by atoms with van der Waals surface area (Å²) in [6.45, 7) is 0.198. The maximum Gasteiger partial charge on any atom is 0.358 e. The van der Waals surface area contributed by atoms with Crippen LogP contribution in [0.5, 0.6) is 5.75 Å². The molecular weight excluding hydrogens is 382 g/mol. The molecule has 0 atom stereocenters. The second-order valence-corrected chi connectivity index (χ2v) is 7.32. The summed E-state index contributed by atoms with van der Waals surface area (Å²) in [4.78, 5) is 18.3. The zero-order chi connectivity index (χ0) is 20.1. The molecule has 0 saturated heterocycles. The SMILES string of the molecule is COc1ccccc1-c1sc(-c2ccccc2)nc1C(=O)OCc1ccccc1. The van der Waals surface area contributed by atoms with Gasteiger partial charge in [0.15, 0.2) is 5.69 Å². The molecule has 0 radical (unpaired) electrons. The first kappa shape index (κ1) is 18.9. The number of hydrogen-bond acceptors (Lipinski definition) is 5. The third-order valence-electron chi connectivity index (χ3n) is 4.41. The van der Waals surface area contributed by atoms with Crippen LogP contribution >= 0.6 is 11.3 Å². The van der Waals surface area contributed by atoms with Crippen molar-refractivity contribution in [2.45, 2.75) is 6.61 Å². The van der Waals surface area contributed by atoms with Gasteiger partial charge in [0.1, 0.15) is 17.4 Å². The molecule has 29 heavy (non-hydrogen) atoms. The van der Waals surface area contributed by atoms with Crippen LogP contribution in [0, 0.1) is 0 Å². The van der Waals surface area contributed by atoms with Crippen molar-refractivity contribution in [2.24, 2.45) is 0 Å². The number of rotatable bonds is 6. The Hall–Kier alpha value is -3.44. The van der Waals surface area contributed by atoms with E-state index < -0.39 is 5.97 Å². The van der Waals surface area contributed by atoms with Gasteiger partial charge in [-0.3, -0.25) is 0 Å². The molecule has 5 heteroatoms. The highest BCUT2D eigenvalue weighted by Gasteiger charge is 2.23. The molecule has 1 aromatic heterocycles. The van der Waals surface area contributed by atoms with Crippen LogP contribution in [0.25, 0.3) is 21.0 Å². The summed E-state index contributed by atoms with van der Waals surface area (Å²) in [7, 11) is 1.62. The molecule has 3 aromatic carbocycles. The molecule has 144 valence electrons. The molecule has 0 fully saturated rings. The van der Waals surface area contributed by atoms with Crippen LogP contribution in [0.4, 0.5) is 0 Å². The summed E-state index contributed by atoms with van der Waals surface area (Å²) < 4.78 is 11.1. The van der Waals surface area contributed by atoms with Crippen LogP contribution in [0.3, 0.4) is 0 Å². The molecule has 0 aliphatic rings. The van der Waals surface area contributed by atoms with Crippen LogP contribution in [-0.2, 0) is 11.3 Å². The molecule has 0 spiro atoms. The molecule has 0 aliphatic carbocycles. The Morgan fingerprint density at radius 2 is 1.55 bits per heavy atom. The van der Waals surface area contributed by atoms with Crippen molar-refractivity contribution in [3.63, 3.8) is 0 Å². The maximum atomic E-state index is 12.9. The lowest BCUT2D eigenvalue weighted by Gasteiger charge is -2.08. The van der Waals surface area contributed by atoms with E-state index in [2.05, 4.69) is 4.98 Å². The Kier molecular flexibility index (Phi) is 5.68. The van der Waals surface area contributed by atoms with Crippen LogP contribution in [-0.4, -0.2) is 18.1 Å². The predicted molar refractivity (Wildman–Crippen MR) is 115 cm³/mol. The summed E-state index contributed by atoms with van der Waals surface area (Å²) in [5, 5.41) is 0.762. The van der Waals surface area contributed by atoms with Crippen LogP contribution in [0.1, 0.15) is 16.1 Å². The van der Waals surface area contributed by atoms with Gasteiger partial charge < -0.3 is 9.47 Å². The van der Waals surface area contributed by atoms with Crippen molar-refractivity contribution in [3.05, 3.63) is 96.2 Å². The fraction of sp³-hybridized carbons (Fsp3) is 0.0833. The smallest absolute Gasteiger partial charge is 0.358 e. The average Bonchev–Trinajstić information content (AvgIpc) is 3.24. The van der Waals surface area contributed by atoms with E-state index in [0.29, 0.717) is 11.4 Å².